The molecule has 9 rings (SSSR count). The zero-order valence-corrected chi connectivity index (χ0v) is 30.4. The molecule has 0 radical (unpaired) electrons. The van der Waals surface area contributed by atoms with Crippen LogP contribution in [0.15, 0.2) is 194 Å². The molecule has 57 heavy (non-hydrogen) atoms. The van der Waals surface area contributed by atoms with Gasteiger partial charge in [0.05, 0.1) is 5.41 Å². The topological polar surface area (TPSA) is 52.6 Å². The first-order valence-corrected chi connectivity index (χ1v) is 18.4. The van der Waals surface area contributed by atoms with Gasteiger partial charge in [0.25, 0.3) is 0 Å². The lowest BCUT2D eigenvalue weighted by Gasteiger charge is -2.34. The van der Waals surface area contributed by atoms with Crippen LogP contribution in [0, 0.1) is 11.6 Å². The van der Waals surface area contributed by atoms with Gasteiger partial charge in [-0.1, -0.05) is 72.8 Å². The first kappa shape index (κ1) is 35.3. The molecule has 1 aliphatic rings. The Balaban J connectivity index is 0.999. The molecule has 4 nitrogen and oxygen atoms in total. The van der Waals surface area contributed by atoms with Gasteiger partial charge in [0.2, 0.25) is 0 Å². The molecule has 0 heterocycles. The maximum absolute atomic E-state index is 13.4. The van der Waals surface area contributed by atoms with Gasteiger partial charge in [0.15, 0.2) is 11.6 Å². The number of carbonyl (C=O) groups excluding carboxylic acids is 2. The molecule has 0 aromatic heterocycles. The minimum atomic E-state index is -0.644. The zero-order chi connectivity index (χ0) is 38.9. The van der Waals surface area contributed by atoms with Crippen LogP contribution in [0.3, 0.4) is 0 Å². The van der Waals surface area contributed by atoms with Gasteiger partial charge in [-0.15, -0.1) is 0 Å². The molecule has 0 atom stereocenters. The predicted octanol–water partition coefficient (Wildman–Crippen LogP) is 12.4. The van der Waals surface area contributed by atoms with E-state index in [1.165, 1.54) is 59.7 Å². The Labute approximate surface area is 328 Å². The second kappa shape index (κ2) is 14.7. The van der Waals surface area contributed by atoms with Crippen molar-refractivity contribution in [2.75, 3.05) is 0 Å². The van der Waals surface area contributed by atoms with E-state index in [4.69, 9.17) is 9.47 Å². The Hall–Kier alpha value is -7.44. The lowest BCUT2D eigenvalue weighted by atomic mass is 9.68. The lowest BCUT2D eigenvalue weighted by molar-refractivity contribution is 0.103. The van der Waals surface area contributed by atoms with Crippen LogP contribution in [0.25, 0.3) is 11.1 Å². The van der Waals surface area contributed by atoms with Crippen LogP contribution in [0.4, 0.5) is 8.78 Å². The Bertz CT molecular complexity index is 2550. The number of carbonyl (C=O) groups is 2. The van der Waals surface area contributed by atoms with Crippen molar-refractivity contribution < 1.29 is 27.8 Å². The van der Waals surface area contributed by atoms with Crippen LogP contribution >= 0.6 is 0 Å². The molecule has 0 bridgehead atoms. The maximum atomic E-state index is 13.4. The highest BCUT2D eigenvalue weighted by molar-refractivity contribution is 6.09. The molecule has 8 aromatic carbocycles. The first-order valence-electron chi connectivity index (χ1n) is 18.4. The van der Waals surface area contributed by atoms with Crippen LogP contribution < -0.4 is 9.47 Å². The SMILES string of the molecule is O=C(c1ccc(F)cc1)c1ccc(Oc2ccc(C3(c4ccc(Oc5ccc(C(=O)c6ccc(F)cc6)cc5)cc4)c4ccccc4-c4ccccc43)cc2)cc1. The smallest absolute Gasteiger partial charge is 0.193 e. The molecule has 0 fully saturated rings. The van der Waals surface area contributed by atoms with Crippen molar-refractivity contribution in [2.45, 2.75) is 5.41 Å². The molecule has 0 saturated carbocycles. The van der Waals surface area contributed by atoms with Gasteiger partial charge in [0, 0.05) is 22.3 Å². The van der Waals surface area contributed by atoms with E-state index in [0.717, 1.165) is 22.3 Å². The van der Waals surface area contributed by atoms with E-state index in [9.17, 15) is 18.4 Å². The number of rotatable bonds is 10. The fourth-order valence-electron chi connectivity index (χ4n) is 7.73. The second-order valence-electron chi connectivity index (χ2n) is 13.8. The quantitative estimate of drug-likeness (QED) is 0.131. The zero-order valence-electron chi connectivity index (χ0n) is 30.4. The number of ketones is 2. The summed E-state index contributed by atoms with van der Waals surface area (Å²) >= 11 is 0. The molecule has 274 valence electrons. The molecule has 0 spiro atoms. The van der Waals surface area contributed by atoms with Gasteiger partial charge in [-0.3, -0.25) is 9.59 Å². The summed E-state index contributed by atoms with van der Waals surface area (Å²) in [4.78, 5) is 25.8. The van der Waals surface area contributed by atoms with Crippen molar-refractivity contribution in [3.63, 3.8) is 0 Å². The van der Waals surface area contributed by atoms with Crippen LogP contribution in [0.5, 0.6) is 23.0 Å². The highest BCUT2D eigenvalue weighted by Crippen LogP contribution is 2.56. The number of ether oxygens (including phenoxy) is 2. The van der Waals surface area contributed by atoms with Crippen LogP contribution in [-0.2, 0) is 5.41 Å². The molecule has 8 aromatic rings. The van der Waals surface area contributed by atoms with Crippen molar-refractivity contribution in [2.24, 2.45) is 0 Å². The van der Waals surface area contributed by atoms with Gasteiger partial charge >= 0.3 is 0 Å². The fraction of sp³-hybridized carbons (Fsp3) is 0.0196. The molecular weight excluding hydrogens is 715 g/mol. The predicted molar refractivity (Wildman–Crippen MR) is 216 cm³/mol. The van der Waals surface area contributed by atoms with Crippen LogP contribution in [-0.4, -0.2) is 11.6 Å². The maximum Gasteiger partial charge on any atom is 0.193 e. The number of hydrogen-bond donors (Lipinski definition) is 0. The van der Waals surface area contributed by atoms with E-state index < -0.39 is 17.0 Å². The van der Waals surface area contributed by atoms with Crippen molar-refractivity contribution in [1.82, 2.24) is 0 Å². The molecule has 6 heteroatoms. The molecule has 0 unspecified atom stereocenters. The van der Waals surface area contributed by atoms with E-state index in [2.05, 4.69) is 72.8 Å². The van der Waals surface area contributed by atoms with E-state index in [-0.39, 0.29) is 11.6 Å². The largest absolute Gasteiger partial charge is 0.457 e. The Kier molecular flexibility index (Phi) is 9.07. The summed E-state index contributed by atoms with van der Waals surface area (Å²) < 4.78 is 39.2. The fourth-order valence-corrected chi connectivity index (χ4v) is 7.73. The number of hydrogen-bond acceptors (Lipinski definition) is 4. The third-order valence-electron chi connectivity index (χ3n) is 10.4. The highest BCUT2D eigenvalue weighted by Gasteiger charge is 2.45. The van der Waals surface area contributed by atoms with Crippen molar-refractivity contribution in [3.8, 4) is 34.1 Å². The molecule has 1 aliphatic carbocycles. The van der Waals surface area contributed by atoms with E-state index in [1.54, 1.807) is 48.5 Å². The summed E-state index contributed by atoms with van der Waals surface area (Å²) in [5.41, 5.74) is 7.92. The molecule has 0 saturated heterocycles. The van der Waals surface area contributed by atoms with Gasteiger partial charge in [-0.25, -0.2) is 8.78 Å². The summed E-state index contributed by atoms with van der Waals surface area (Å²) in [6, 6.07) is 58.0. The lowest BCUT2D eigenvalue weighted by Crippen LogP contribution is -2.28. The van der Waals surface area contributed by atoms with E-state index in [1.807, 2.05) is 24.3 Å². The summed E-state index contributed by atoms with van der Waals surface area (Å²) in [5, 5.41) is 0. The molecule has 0 aliphatic heterocycles. The molecule has 0 N–H and O–H groups in total. The minimum Gasteiger partial charge on any atom is -0.457 e. The Morgan fingerprint density at radius 1 is 0.351 bits per heavy atom. The van der Waals surface area contributed by atoms with Crippen LogP contribution in [0.2, 0.25) is 0 Å². The van der Waals surface area contributed by atoms with Gasteiger partial charge in [-0.2, -0.15) is 0 Å². The van der Waals surface area contributed by atoms with Crippen molar-refractivity contribution >= 4 is 11.6 Å². The highest BCUT2D eigenvalue weighted by atomic mass is 19.1. The Morgan fingerprint density at radius 3 is 0.965 bits per heavy atom. The van der Waals surface area contributed by atoms with Crippen molar-refractivity contribution in [1.29, 1.82) is 0 Å². The molecule has 0 amide bonds. The summed E-state index contributed by atoms with van der Waals surface area (Å²) in [6.45, 7) is 0. The standard InChI is InChI=1S/C51H32F2O4/c52-39-21-9-33(10-22-39)49(54)35-13-25-41(26-14-35)56-43-29-17-37(18-30-43)51(47-7-3-1-5-45(47)46-6-2-4-8-48(46)51)38-19-31-44(32-20-38)57-42-27-15-36(16-28-42)50(55)34-11-23-40(53)24-12-34/h1-32H. The summed E-state index contributed by atoms with van der Waals surface area (Å²) in [5.74, 6) is 1.26. The summed E-state index contributed by atoms with van der Waals surface area (Å²) in [7, 11) is 0. The van der Waals surface area contributed by atoms with Crippen molar-refractivity contribution in [3.05, 3.63) is 250 Å². The molecular formula is C51H32F2O4. The number of benzene rings is 8. The first-order chi connectivity index (χ1) is 27.9. The third kappa shape index (κ3) is 6.57. The second-order valence-corrected chi connectivity index (χ2v) is 13.8. The van der Waals surface area contributed by atoms with Gasteiger partial charge in [0.1, 0.15) is 34.6 Å². The normalized spacial score (nSPS) is 12.3. The minimum absolute atomic E-state index is 0.195. The van der Waals surface area contributed by atoms with E-state index >= 15 is 0 Å². The Morgan fingerprint density at radius 2 is 0.632 bits per heavy atom. The average molecular weight is 747 g/mol. The average Bonchev–Trinajstić information content (AvgIpc) is 3.56. The number of fused-ring (bicyclic) bond motifs is 3. The van der Waals surface area contributed by atoms with Gasteiger partial charge in [-0.05, 0) is 155 Å². The van der Waals surface area contributed by atoms with Gasteiger partial charge < -0.3 is 9.47 Å². The van der Waals surface area contributed by atoms with E-state index in [0.29, 0.717) is 45.3 Å². The summed E-state index contributed by atoms with van der Waals surface area (Å²) in [6.07, 6.45) is 0. The third-order valence-corrected chi connectivity index (χ3v) is 10.4. The number of halogens is 2. The monoisotopic (exact) mass is 746 g/mol. The van der Waals surface area contributed by atoms with Crippen LogP contribution in [0.1, 0.15) is 54.1 Å².